The van der Waals surface area contributed by atoms with Gasteiger partial charge in [-0.15, -0.1) is 0 Å². The smallest absolute Gasteiger partial charge is 0.0928 e. The van der Waals surface area contributed by atoms with Crippen LogP contribution in [0.4, 0.5) is 5.69 Å². The topological polar surface area (TPSA) is 56.5 Å². The number of hydrogen-bond acceptors (Lipinski definition) is 4. The molecule has 1 atom stereocenters. The van der Waals surface area contributed by atoms with Crippen LogP contribution in [-0.4, -0.2) is 40.0 Å². The van der Waals surface area contributed by atoms with Gasteiger partial charge in [0.25, 0.3) is 0 Å². The van der Waals surface area contributed by atoms with Crippen molar-refractivity contribution in [3.63, 3.8) is 0 Å². The second-order valence-electron chi connectivity index (χ2n) is 4.36. The van der Waals surface area contributed by atoms with Crippen LogP contribution in [0.15, 0.2) is 24.3 Å². The first kappa shape index (κ1) is 15.0. The van der Waals surface area contributed by atoms with Crippen molar-refractivity contribution >= 4 is 5.69 Å². The number of methoxy groups -OCH3 is 2. The number of benzene rings is 1. The lowest BCUT2D eigenvalue weighted by molar-refractivity contribution is 0.0290. The van der Waals surface area contributed by atoms with Crippen molar-refractivity contribution in [1.29, 1.82) is 0 Å². The molecule has 0 aromatic heterocycles. The molecule has 0 aliphatic heterocycles. The highest BCUT2D eigenvalue weighted by Gasteiger charge is 2.05. The molecule has 0 radical (unpaired) electrons. The van der Waals surface area contributed by atoms with E-state index >= 15 is 0 Å². The predicted molar refractivity (Wildman–Crippen MR) is 74.7 cm³/mol. The minimum Gasteiger partial charge on any atom is -0.399 e. The molecule has 0 saturated heterocycles. The SMILES string of the molecule is COCC(CNCCCc1ccc(N)cc1)OC. The first-order valence-electron chi connectivity index (χ1n) is 6.33. The van der Waals surface area contributed by atoms with E-state index in [1.165, 1.54) is 5.56 Å². The summed E-state index contributed by atoms with van der Waals surface area (Å²) in [4.78, 5) is 0. The molecule has 1 aromatic carbocycles. The Morgan fingerprint density at radius 2 is 1.94 bits per heavy atom. The van der Waals surface area contributed by atoms with Gasteiger partial charge in [-0.3, -0.25) is 0 Å². The van der Waals surface area contributed by atoms with Gasteiger partial charge in [-0.2, -0.15) is 0 Å². The van der Waals surface area contributed by atoms with Crippen molar-refractivity contribution < 1.29 is 9.47 Å². The van der Waals surface area contributed by atoms with Gasteiger partial charge in [-0.25, -0.2) is 0 Å². The second-order valence-corrected chi connectivity index (χ2v) is 4.36. The lowest BCUT2D eigenvalue weighted by atomic mass is 10.1. The molecular weight excluding hydrogens is 228 g/mol. The highest BCUT2D eigenvalue weighted by atomic mass is 16.5. The summed E-state index contributed by atoms with van der Waals surface area (Å²) in [6, 6.07) is 8.06. The van der Waals surface area contributed by atoms with Crippen LogP contribution >= 0.6 is 0 Å². The summed E-state index contributed by atoms with van der Waals surface area (Å²) >= 11 is 0. The minimum atomic E-state index is 0.131. The average Bonchev–Trinajstić information content (AvgIpc) is 2.39. The highest BCUT2D eigenvalue weighted by Crippen LogP contribution is 2.07. The summed E-state index contributed by atoms with van der Waals surface area (Å²) in [5.41, 5.74) is 7.79. The zero-order chi connectivity index (χ0) is 13.2. The molecule has 102 valence electrons. The van der Waals surface area contributed by atoms with Gasteiger partial charge in [0.05, 0.1) is 12.7 Å². The highest BCUT2D eigenvalue weighted by molar-refractivity contribution is 5.39. The van der Waals surface area contributed by atoms with Gasteiger partial charge in [-0.1, -0.05) is 12.1 Å². The van der Waals surface area contributed by atoms with Gasteiger partial charge in [0.2, 0.25) is 0 Å². The van der Waals surface area contributed by atoms with E-state index < -0.39 is 0 Å². The van der Waals surface area contributed by atoms with Gasteiger partial charge in [-0.05, 0) is 37.1 Å². The fourth-order valence-electron chi connectivity index (χ4n) is 1.76. The quantitative estimate of drug-likeness (QED) is 0.516. The second kappa shape index (κ2) is 8.91. The fraction of sp³-hybridized carbons (Fsp3) is 0.571. The zero-order valence-electron chi connectivity index (χ0n) is 11.3. The number of nitrogen functional groups attached to an aromatic ring is 1. The Balaban J connectivity index is 2.09. The van der Waals surface area contributed by atoms with Crippen LogP contribution in [0.25, 0.3) is 0 Å². The molecule has 0 bridgehead atoms. The maximum Gasteiger partial charge on any atom is 0.0928 e. The molecule has 0 spiro atoms. The van der Waals surface area contributed by atoms with Crippen LogP contribution in [0.3, 0.4) is 0 Å². The standard InChI is InChI=1S/C14H24N2O2/c1-17-11-14(18-2)10-16-9-3-4-12-5-7-13(15)8-6-12/h5-8,14,16H,3-4,9-11,15H2,1-2H3. The fourth-order valence-corrected chi connectivity index (χ4v) is 1.76. The molecule has 0 fully saturated rings. The molecule has 1 rings (SSSR count). The van der Waals surface area contributed by atoms with Crippen molar-refractivity contribution in [1.82, 2.24) is 5.32 Å². The van der Waals surface area contributed by atoms with Crippen LogP contribution in [0.1, 0.15) is 12.0 Å². The van der Waals surface area contributed by atoms with Gasteiger partial charge in [0.1, 0.15) is 0 Å². The van der Waals surface area contributed by atoms with E-state index in [1.54, 1.807) is 14.2 Å². The molecule has 4 heteroatoms. The van der Waals surface area contributed by atoms with Crippen molar-refractivity contribution in [2.45, 2.75) is 18.9 Å². The monoisotopic (exact) mass is 252 g/mol. The normalized spacial score (nSPS) is 12.6. The van der Waals surface area contributed by atoms with E-state index in [0.717, 1.165) is 31.6 Å². The van der Waals surface area contributed by atoms with E-state index in [2.05, 4.69) is 17.4 Å². The van der Waals surface area contributed by atoms with Crippen molar-refractivity contribution in [2.24, 2.45) is 0 Å². The van der Waals surface area contributed by atoms with E-state index in [4.69, 9.17) is 15.2 Å². The van der Waals surface area contributed by atoms with Crippen molar-refractivity contribution in [2.75, 3.05) is 39.6 Å². The zero-order valence-corrected chi connectivity index (χ0v) is 11.3. The Morgan fingerprint density at radius 3 is 2.56 bits per heavy atom. The summed E-state index contributed by atoms with van der Waals surface area (Å²) in [7, 11) is 3.40. The summed E-state index contributed by atoms with van der Waals surface area (Å²) in [6.07, 6.45) is 2.30. The van der Waals surface area contributed by atoms with Gasteiger partial charge in [0.15, 0.2) is 0 Å². The molecule has 4 nitrogen and oxygen atoms in total. The van der Waals surface area contributed by atoms with Crippen LogP contribution in [-0.2, 0) is 15.9 Å². The van der Waals surface area contributed by atoms with Crippen LogP contribution in [0.5, 0.6) is 0 Å². The number of anilines is 1. The molecule has 0 heterocycles. The first-order valence-corrected chi connectivity index (χ1v) is 6.33. The lowest BCUT2D eigenvalue weighted by Crippen LogP contribution is -2.32. The number of aryl methyl sites for hydroxylation is 1. The van der Waals surface area contributed by atoms with Gasteiger partial charge in [0, 0.05) is 26.5 Å². The molecule has 0 aliphatic carbocycles. The third kappa shape index (κ3) is 6.00. The molecule has 0 aliphatic rings. The van der Waals surface area contributed by atoms with E-state index in [9.17, 15) is 0 Å². The third-order valence-corrected chi connectivity index (χ3v) is 2.86. The molecule has 0 saturated carbocycles. The molecule has 3 N–H and O–H groups in total. The molecule has 18 heavy (non-hydrogen) atoms. The largest absolute Gasteiger partial charge is 0.399 e. The maximum absolute atomic E-state index is 5.64. The maximum atomic E-state index is 5.64. The van der Waals surface area contributed by atoms with E-state index in [1.807, 2.05) is 12.1 Å². The summed E-state index contributed by atoms with van der Waals surface area (Å²) in [5.74, 6) is 0. The molecule has 1 unspecified atom stereocenters. The minimum absolute atomic E-state index is 0.131. The van der Waals surface area contributed by atoms with Crippen LogP contribution in [0, 0.1) is 0 Å². The Kier molecular flexibility index (Phi) is 7.41. The number of nitrogens with one attached hydrogen (secondary N) is 1. The molecule has 0 amide bonds. The Hall–Kier alpha value is -1.10. The number of ether oxygens (including phenoxy) is 2. The number of hydrogen-bond donors (Lipinski definition) is 2. The average molecular weight is 252 g/mol. The molecular formula is C14H24N2O2. The number of rotatable bonds is 9. The summed E-state index contributed by atoms with van der Waals surface area (Å²) in [6.45, 7) is 2.43. The van der Waals surface area contributed by atoms with Gasteiger partial charge >= 0.3 is 0 Å². The first-order chi connectivity index (χ1) is 8.76. The Morgan fingerprint density at radius 1 is 1.22 bits per heavy atom. The Bertz CT molecular complexity index is 314. The van der Waals surface area contributed by atoms with Crippen LogP contribution in [0.2, 0.25) is 0 Å². The van der Waals surface area contributed by atoms with Gasteiger partial charge < -0.3 is 20.5 Å². The summed E-state index contributed by atoms with van der Waals surface area (Å²) < 4.78 is 10.3. The predicted octanol–water partition coefficient (Wildman–Crippen LogP) is 1.45. The lowest BCUT2D eigenvalue weighted by Gasteiger charge is -2.14. The molecule has 1 aromatic rings. The van der Waals surface area contributed by atoms with Crippen molar-refractivity contribution in [3.8, 4) is 0 Å². The van der Waals surface area contributed by atoms with E-state index in [0.29, 0.717) is 6.61 Å². The van der Waals surface area contributed by atoms with E-state index in [-0.39, 0.29) is 6.10 Å². The summed E-state index contributed by atoms with van der Waals surface area (Å²) in [5, 5.41) is 3.37. The number of nitrogens with two attached hydrogens (primary N) is 1. The van der Waals surface area contributed by atoms with Crippen LogP contribution < -0.4 is 11.1 Å². The van der Waals surface area contributed by atoms with Crippen molar-refractivity contribution in [3.05, 3.63) is 29.8 Å². The Labute approximate surface area is 109 Å². The third-order valence-electron chi connectivity index (χ3n) is 2.86.